The van der Waals surface area contributed by atoms with Gasteiger partial charge in [-0.05, 0) is 13.8 Å². The van der Waals surface area contributed by atoms with Crippen LogP contribution in [0, 0.1) is 5.92 Å². The van der Waals surface area contributed by atoms with Gasteiger partial charge in [-0.2, -0.15) is 0 Å². The smallest absolute Gasteiger partial charge is 0.330 e. The number of amides is 1. The molecular formula is C13H17I2NO4S. The maximum absolute atomic E-state index is 12.3. The summed E-state index contributed by atoms with van der Waals surface area (Å²) in [6.45, 7) is 7.17. The van der Waals surface area contributed by atoms with Crippen molar-refractivity contribution in [2.75, 3.05) is 6.61 Å². The van der Waals surface area contributed by atoms with Crippen molar-refractivity contribution in [2.45, 2.75) is 45.3 Å². The van der Waals surface area contributed by atoms with E-state index in [2.05, 4.69) is 45.2 Å². The second-order valence-electron chi connectivity index (χ2n) is 6.04. The van der Waals surface area contributed by atoms with E-state index in [0.29, 0.717) is 0 Å². The molecule has 0 aromatic rings. The molecule has 0 unspecified atom stereocenters. The van der Waals surface area contributed by atoms with Crippen molar-refractivity contribution >= 4 is 74.6 Å². The van der Waals surface area contributed by atoms with Gasteiger partial charge < -0.3 is 9.64 Å². The maximum Gasteiger partial charge on any atom is 0.330 e. The Balaban J connectivity index is 2.10. The predicted molar refractivity (Wildman–Crippen MR) is 97.7 cm³/mol. The lowest BCUT2D eigenvalue weighted by Gasteiger charge is -2.46. The SMILES string of the molecule is CC(C)C(=O)COC(=O)[C@@H]1N2C(=O)C(I)(I)[C@H]2SC1(C)C. The molecule has 0 N–H and O–H groups in total. The summed E-state index contributed by atoms with van der Waals surface area (Å²) in [5, 5.41) is -0.0282. The van der Waals surface area contributed by atoms with Crippen LogP contribution in [0.25, 0.3) is 0 Å². The van der Waals surface area contributed by atoms with Crippen molar-refractivity contribution in [3.05, 3.63) is 0 Å². The van der Waals surface area contributed by atoms with E-state index in [4.69, 9.17) is 4.74 Å². The first-order chi connectivity index (χ1) is 9.50. The zero-order valence-corrected chi connectivity index (χ0v) is 17.3. The molecule has 5 nitrogen and oxygen atoms in total. The Bertz CT molecular complexity index is 506. The number of β-lactam (4-membered cyclic amide) rings is 1. The van der Waals surface area contributed by atoms with Crippen molar-refractivity contribution < 1.29 is 19.1 Å². The number of rotatable bonds is 4. The van der Waals surface area contributed by atoms with Gasteiger partial charge in [-0.25, -0.2) is 4.79 Å². The zero-order chi connectivity index (χ0) is 16.2. The number of ether oxygens (including phenoxy) is 1. The van der Waals surface area contributed by atoms with Gasteiger partial charge in [-0.15, -0.1) is 11.8 Å². The number of carbonyl (C=O) groups is 3. The van der Waals surface area contributed by atoms with Gasteiger partial charge in [0, 0.05) is 10.7 Å². The van der Waals surface area contributed by atoms with E-state index in [0.717, 1.165) is 0 Å². The third kappa shape index (κ3) is 2.96. The minimum absolute atomic E-state index is 0.0282. The average molecular weight is 537 g/mol. The van der Waals surface area contributed by atoms with Crippen LogP contribution in [0.5, 0.6) is 0 Å². The summed E-state index contributed by atoms with van der Waals surface area (Å²) in [6, 6.07) is -0.627. The van der Waals surface area contributed by atoms with Crippen molar-refractivity contribution in [1.29, 1.82) is 0 Å². The number of esters is 1. The average Bonchev–Trinajstić information content (AvgIpc) is 2.65. The van der Waals surface area contributed by atoms with Gasteiger partial charge in [-0.1, -0.05) is 59.0 Å². The van der Waals surface area contributed by atoms with E-state index in [1.165, 1.54) is 0 Å². The summed E-state index contributed by atoms with van der Waals surface area (Å²) in [7, 11) is 0. The number of halogens is 2. The lowest BCUT2D eigenvalue weighted by Crippen LogP contribution is -2.68. The van der Waals surface area contributed by atoms with E-state index in [1.807, 2.05) is 13.8 Å². The third-order valence-electron chi connectivity index (χ3n) is 3.66. The maximum atomic E-state index is 12.3. The highest BCUT2D eigenvalue weighted by molar-refractivity contribution is 14.2. The Morgan fingerprint density at radius 3 is 2.48 bits per heavy atom. The van der Waals surface area contributed by atoms with Crippen LogP contribution in [0.3, 0.4) is 0 Å². The standard InChI is InChI=1S/C13H17I2NO4S/c1-6(2)7(17)5-20-9(18)8-12(3,4)21-11-13(14,15)10(19)16(8)11/h6,8,11H,5H2,1-4H3/t8-,11+/m0/s1. The molecule has 0 aliphatic carbocycles. The Hall–Kier alpha value is 0.420. The topological polar surface area (TPSA) is 63.7 Å². The predicted octanol–water partition coefficient (Wildman–Crippen LogP) is 2.38. The fraction of sp³-hybridized carbons (Fsp3) is 0.769. The molecule has 2 rings (SSSR count). The highest BCUT2D eigenvalue weighted by atomic mass is 127. The first-order valence-electron chi connectivity index (χ1n) is 6.58. The molecule has 0 saturated carbocycles. The Kier molecular flexibility index (Phi) is 4.91. The fourth-order valence-electron chi connectivity index (χ4n) is 2.35. The molecule has 2 saturated heterocycles. The van der Waals surface area contributed by atoms with Crippen LogP contribution >= 0.6 is 56.9 Å². The van der Waals surface area contributed by atoms with Crippen LogP contribution in [0.15, 0.2) is 0 Å². The van der Waals surface area contributed by atoms with E-state index in [-0.39, 0.29) is 29.6 Å². The molecule has 0 spiro atoms. The molecule has 2 aliphatic heterocycles. The number of ketones is 1. The van der Waals surface area contributed by atoms with Crippen LogP contribution in [0.1, 0.15) is 27.7 Å². The molecule has 1 amide bonds. The number of thioether (sulfide) groups is 1. The van der Waals surface area contributed by atoms with Crippen molar-refractivity contribution in [2.24, 2.45) is 5.92 Å². The molecule has 2 heterocycles. The summed E-state index contributed by atoms with van der Waals surface area (Å²) >= 11 is 5.87. The second-order valence-corrected chi connectivity index (χ2v) is 13.2. The molecule has 2 fully saturated rings. The molecule has 8 heteroatoms. The number of nitrogens with zero attached hydrogens (tertiary/aromatic N) is 1. The molecular weight excluding hydrogens is 520 g/mol. The normalized spacial score (nSPS) is 29.1. The Morgan fingerprint density at radius 2 is 1.95 bits per heavy atom. The number of carbonyl (C=O) groups excluding carboxylic acids is 3. The highest BCUT2D eigenvalue weighted by Gasteiger charge is 2.70. The van der Waals surface area contributed by atoms with Crippen LogP contribution in [-0.2, 0) is 19.1 Å². The molecule has 0 aromatic carbocycles. The third-order valence-corrected chi connectivity index (χ3v) is 8.24. The minimum Gasteiger partial charge on any atom is -0.456 e. The first kappa shape index (κ1) is 17.8. The largest absolute Gasteiger partial charge is 0.456 e. The first-order valence-corrected chi connectivity index (χ1v) is 9.61. The Labute approximate surface area is 155 Å². The lowest BCUT2D eigenvalue weighted by atomic mass is 9.98. The van der Waals surface area contributed by atoms with Gasteiger partial charge >= 0.3 is 5.97 Å². The van der Waals surface area contributed by atoms with Crippen LogP contribution < -0.4 is 0 Å². The van der Waals surface area contributed by atoms with Gasteiger partial charge in [0.2, 0.25) is 0 Å². The Morgan fingerprint density at radius 1 is 1.38 bits per heavy atom. The van der Waals surface area contributed by atoms with Gasteiger partial charge in [0.15, 0.2) is 7.21 Å². The molecule has 0 aromatic heterocycles. The summed E-state index contributed by atoms with van der Waals surface area (Å²) < 4.78 is 4.23. The van der Waals surface area contributed by atoms with Crippen molar-refractivity contribution in [3.63, 3.8) is 0 Å². The van der Waals surface area contributed by atoms with Gasteiger partial charge in [0.1, 0.15) is 18.0 Å². The lowest BCUT2D eigenvalue weighted by molar-refractivity contribution is -0.162. The van der Waals surface area contributed by atoms with Crippen molar-refractivity contribution in [1.82, 2.24) is 4.90 Å². The van der Waals surface area contributed by atoms with Gasteiger partial charge in [0.25, 0.3) is 5.91 Å². The molecule has 2 aliphatic rings. The second kappa shape index (κ2) is 5.81. The molecule has 2 atom stereocenters. The van der Waals surface area contributed by atoms with E-state index in [9.17, 15) is 14.4 Å². The van der Waals surface area contributed by atoms with Gasteiger partial charge in [0.05, 0.1) is 0 Å². The molecule has 21 heavy (non-hydrogen) atoms. The number of Topliss-reactive ketones (excluding diaryl/α,β-unsaturated/α-hetero) is 1. The fourth-order valence-corrected chi connectivity index (χ4v) is 5.76. The minimum atomic E-state index is -0.627. The summed E-state index contributed by atoms with van der Waals surface area (Å²) in [5.41, 5.74) is 0. The van der Waals surface area contributed by atoms with Crippen LogP contribution in [0.4, 0.5) is 0 Å². The summed E-state index contributed by atoms with van der Waals surface area (Å²) in [6.07, 6.45) is 0. The van der Waals surface area contributed by atoms with Crippen molar-refractivity contribution in [3.8, 4) is 0 Å². The van der Waals surface area contributed by atoms with E-state index in [1.54, 1.807) is 30.5 Å². The molecule has 0 radical (unpaired) electrons. The summed E-state index contributed by atoms with van der Waals surface area (Å²) in [5.74, 6) is -0.821. The van der Waals surface area contributed by atoms with E-state index < -0.39 is 18.2 Å². The monoisotopic (exact) mass is 537 g/mol. The zero-order valence-electron chi connectivity index (χ0n) is 12.2. The number of hydrogen-bond donors (Lipinski definition) is 0. The van der Waals surface area contributed by atoms with Crippen LogP contribution in [0.2, 0.25) is 0 Å². The van der Waals surface area contributed by atoms with Gasteiger partial charge in [-0.3, -0.25) is 9.59 Å². The number of fused-ring (bicyclic) bond motifs is 1. The number of hydrogen-bond acceptors (Lipinski definition) is 5. The summed E-state index contributed by atoms with van der Waals surface area (Å²) in [4.78, 5) is 37.8. The highest BCUT2D eigenvalue weighted by Crippen LogP contribution is 2.60. The molecule has 0 bridgehead atoms. The van der Waals surface area contributed by atoms with Crippen LogP contribution in [-0.4, -0.2) is 46.8 Å². The number of alkyl halides is 2. The quantitative estimate of drug-likeness (QED) is 0.239. The molecule has 118 valence electrons. The van der Waals surface area contributed by atoms with E-state index >= 15 is 0 Å².